The smallest absolute Gasteiger partial charge is 0.130 e. The van der Waals surface area contributed by atoms with Crippen molar-refractivity contribution in [3.05, 3.63) is 47.5 Å². The van der Waals surface area contributed by atoms with E-state index in [4.69, 9.17) is 5.11 Å². The molecular weight excluding hydrogens is 236 g/mol. The molecule has 0 amide bonds. The Kier molecular flexibility index (Phi) is 5.97. The Balaban J connectivity index is 2.86. The molecular formula is C17H24O2. The minimum absolute atomic E-state index is 0.0161. The van der Waals surface area contributed by atoms with Crippen LogP contribution in [0.5, 0.6) is 0 Å². The Labute approximate surface area is 116 Å². The number of carbonyl (C=O) groups excluding carboxylic acids is 1. The van der Waals surface area contributed by atoms with Crippen molar-refractivity contribution in [3.63, 3.8) is 0 Å². The summed E-state index contributed by atoms with van der Waals surface area (Å²) in [5, 5.41) is 8.75. The zero-order valence-electron chi connectivity index (χ0n) is 12.1. The van der Waals surface area contributed by atoms with Crippen LogP contribution < -0.4 is 0 Å². The van der Waals surface area contributed by atoms with Gasteiger partial charge in [-0.05, 0) is 36.8 Å². The standard InChI is InChI=1S/C17H24O2/c1-14(2)12-15-6-8-16(9-7-15)17(3,13-19)10-4-5-11-18/h4-9,13-14,18H,10-12H2,1-3H3/b5-4+. The molecule has 19 heavy (non-hydrogen) atoms. The van der Waals surface area contributed by atoms with E-state index in [0.717, 1.165) is 18.3 Å². The Bertz CT molecular complexity index is 417. The molecule has 1 rings (SSSR count). The lowest BCUT2D eigenvalue weighted by molar-refractivity contribution is -0.112. The summed E-state index contributed by atoms with van der Waals surface area (Å²) in [6.07, 6.45) is 6.20. The van der Waals surface area contributed by atoms with Gasteiger partial charge in [0.2, 0.25) is 0 Å². The molecule has 0 aliphatic carbocycles. The summed E-state index contributed by atoms with van der Waals surface area (Å²) >= 11 is 0. The van der Waals surface area contributed by atoms with Crippen molar-refractivity contribution >= 4 is 6.29 Å². The van der Waals surface area contributed by atoms with Crippen molar-refractivity contribution in [1.29, 1.82) is 0 Å². The molecule has 0 bridgehead atoms. The van der Waals surface area contributed by atoms with Crippen LogP contribution in [0.4, 0.5) is 0 Å². The van der Waals surface area contributed by atoms with Crippen molar-refractivity contribution < 1.29 is 9.90 Å². The van der Waals surface area contributed by atoms with Gasteiger partial charge in [0.05, 0.1) is 12.0 Å². The zero-order valence-corrected chi connectivity index (χ0v) is 12.1. The van der Waals surface area contributed by atoms with E-state index in [0.29, 0.717) is 12.3 Å². The van der Waals surface area contributed by atoms with Crippen LogP contribution in [0, 0.1) is 5.92 Å². The van der Waals surface area contributed by atoms with Crippen LogP contribution in [0.25, 0.3) is 0 Å². The van der Waals surface area contributed by atoms with Gasteiger partial charge in [-0.2, -0.15) is 0 Å². The lowest BCUT2D eigenvalue weighted by Crippen LogP contribution is -2.23. The van der Waals surface area contributed by atoms with Crippen LogP contribution in [0.2, 0.25) is 0 Å². The summed E-state index contributed by atoms with van der Waals surface area (Å²) in [5.74, 6) is 0.635. The van der Waals surface area contributed by atoms with E-state index in [1.54, 1.807) is 6.08 Å². The second-order valence-corrected chi connectivity index (χ2v) is 5.69. The van der Waals surface area contributed by atoms with E-state index in [1.165, 1.54) is 5.56 Å². The molecule has 0 heterocycles. The average molecular weight is 260 g/mol. The number of hydrogen-bond donors (Lipinski definition) is 1. The van der Waals surface area contributed by atoms with E-state index < -0.39 is 5.41 Å². The molecule has 2 nitrogen and oxygen atoms in total. The van der Waals surface area contributed by atoms with Gasteiger partial charge < -0.3 is 9.90 Å². The molecule has 0 saturated heterocycles. The summed E-state index contributed by atoms with van der Waals surface area (Å²) in [4.78, 5) is 11.4. The first kappa shape index (κ1) is 15.6. The van der Waals surface area contributed by atoms with Gasteiger partial charge in [0.1, 0.15) is 6.29 Å². The van der Waals surface area contributed by atoms with Crippen LogP contribution in [0.15, 0.2) is 36.4 Å². The fourth-order valence-electron chi connectivity index (χ4n) is 2.13. The Morgan fingerprint density at radius 3 is 2.32 bits per heavy atom. The van der Waals surface area contributed by atoms with Crippen molar-refractivity contribution in [1.82, 2.24) is 0 Å². The largest absolute Gasteiger partial charge is 0.392 e. The third-order valence-electron chi connectivity index (χ3n) is 3.33. The zero-order chi connectivity index (χ0) is 14.3. The predicted octanol–water partition coefficient (Wildman–Crippen LogP) is 3.28. The molecule has 2 heteroatoms. The van der Waals surface area contributed by atoms with E-state index in [-0.39, 0.29) is 6.61 Å². The fraction of sp³-hybridized carbons (Fsp3) is 0.471. The number of carbonyl (C=O) groups is 1. The number of aliphatic hydroxyl groups is 1. The van der Waals surface area contributed by atoms with Crippen LogP contribution in [-0.2, 0) is 16.6 Å². The van der Waals surface area contributed by atoms with E-state index in [2.05, 4.69) is 26.0 Å². The lowest BCUT2D eigenvalue weighted by Gasteiger charge is -2.22. The third kappa shape index (κ3) is 4.64. The lowest BCUT2D eigenvalue weighted by atomic mass is 9.80. The van der Waals surface area contributed by atoms with Crippen molar-refractivity contribution in [2.24, 2.45) is 5.92 Å². The molecule has 0 aromatic heterocycles. The SMILES string of the molecule is CC(C)Cc1ccc(C(C)(C=O)C/C=C/CO)cc1. The van der Waals surface area contributed by atoms with E-state index in [9.17, 15) is 4.79 Å². The Hall–Kier alpha value is -1.41. The van der Waals surface area contributed by atoms with E-state index in [1.807, 2.05) is 25.1 Å². The predicted molar refractivity (Wildman–Crippen MR) is 79.2 cm³/mol. The minimum atomic E-state index is -0.512. The first-order chi connectivity index (χ1) is 9.01. The first-order valence-electron chi connectivity index (χ1n) is 6.83. The first-order valence-corrected chi connectivity index (χ1v) is 6.83. The average Bonchev–Trinajstić information content (AvgIpc) is 2.39. The number of allylic oxidation sites excluding steroid dienone is 1. The molecule has 1 atom stereocenters. The van der Waals surface area contributed by atoms with E-state index >= 15 is 0 Å². The fourth-order valence-corrected chi connectivity index (χ4v) is 2.13. The van der Waals surface area contributed by atoms with Crippen LogP contribution in [0.3, 0.4) is 0 Å². The highest BCUT2D eigenvalue weighted by molar-refractivity contribution is 5.68. The van der Waals surface area contributed by atoms with Gasteiger partial charge in [-0.15, -0.1) is 0 Å². The van der Waals surface area contributed by atoms with Crippen LogP contribution in [0.1, 0.15) is 38.3 Å². The van der Waals surface area contributed by atoms with Crippen LogP contribution in [-0.4, -0.2) is 18.0 Å². The summed E-state index contributed by atoms with van der Waals surface area (Å²) in [7, 11) is 0. The van der Waals surface area contributed by atoms with Crippen molar-refractivity contribution in [3.8, 4) is 0 Å². The quantitative estimate of drug-likeness (QED) is 0.603. The number of aldehydes is 1. The maximum absolute atomic E-state index is 11.4. The highest BCUT2D eigenvalue weighted by Crippen LogP contribution is 2.26. The monoisotopic (exact) mass is 260 g/mol. The summed E-state index contributed by atoms with van der Waals surface area (Å²) < 4.78 is 0. The maximum atomic E-state index is 11.4. The second-order valence-electron chi connectivity index (χ2n) is 5.69. The Morgan fingerprint density at radius 1 is 1.21 bits per heavy atom. The van der Waals surface area contributed by atoms with Crippen molar-refractivity contribution in [2.45, 2.75) is 39.0 Å². The summed E-state index contributed by atoms with van der Waals surface area (Å²) in [6.45, 7) is 6.34. The Morgan fingerprint density at radius 2 is 1.84 bits per heavy atom. The van der Waals surface area contributed by atoms with Gasteiger partial charge in [0.25, 0.3) is 0 Å². The van der Waals surface area contributed by atoms with Crippen molar-refractivity contribution in [2.75, 3.05) is 6.61 Å². The molecule has 0 saturated carbocycles. The molecule has 0 radical (unpaired) electrons. The number of rotatable bonds is 7. The summed E-state index contributed by atoms with van der Waals surface area (Å²) in [6, 6.07) is 8.29. The third-order valence-corrected chi connectivity index (χ3v) is 3.33. The van der Waals surface area contributed by atoms with Gasteiger partial charge in [0.15, 0.2) is 0 Å². The molecule has 0 aliphatic rings. The number of benzene rings is 1. The summed E-state index contributed by atoms with van der Waals surface area (Å²) in [5.41, 5.74) is 1.82. The molecule has 104 valence electrons. The molecule has 1 aromatic carbocycles. The molecule has 1 N–H and O–H groups in total. The second kappa shape index (κ2) is 7.25. The number of hydrogen-bond acceptors (Lipinski definition) is 2. The van der Waals surface area contributed by atoms with Gasteiger partial charge >= 0.3 is 0 Å². The van der Waals surface area contributed by atoms with Gasteiger partial charge in [-0.25, -0.2) is 0 Å². The molecule has 1 aromatic rings. The normalized spacial score (nSPS) is 14.8. The van der Waals surface area contributed by atoms with Gasteiger partial charge in [0, 0.05) is 0 Å². The molecule has 0 fully saturated rings. The molecule has 1 unspecified atom stereocenters. The topological polar surface area (TPSA) is 37.3 Å². The minimum Gasteiger partial charge on any atom is -0.392 e. The van der Waals surface area contributed by atoms with Crippen LogP contribution >= 0.6 is 0 Å². The maximum Gasteiger partial charge on any atom is 0.130 e. The van der Waals surface area contributed by atoms with Gasteiger partial charge in [-0.3, -0.25) is 0 Å². The highest BCUT2D eigenvalue weighted by Gasteiger charge is 2.24. The van der Waals surface area contributed by atoms with Gasteiger partial charge in [-0.1, -0.05) is 50.3 Å². The highest BCUT2D eigenvalue weighted by atomic mass is 16.2. The molecule has 0 spiro atoms. The number of aliphatic hydroxyl groups excluding tert-OH is 1. The molecule has 0 aliphatic heterocycles.